The summed E-state index contributed by atoms with van der Waals surface area (Å²) in [7, 11) is 1.34. The Labute approximate surface area is 73.0 Å². The summed E-state index contributed by atoms with van der Waals surface area (Å²) in [6.07, 6.45) is 0. The number of carbonyl (C=O) groups is 1. The van der Waals surface area contributed by atoms with E-state index in [2.05, 4.69) is 15.0 Å². The molecule has 0 bridgehead atoms. The quantitative estimate of drug-likeness (QED) is 0.376. The molecule has 0 spiro atoms. The first-order chi connectivity index (χ1) is 5.61. The van der Waals surface area contributed by atoms with Crippen molar-refractivity contribution in [2.75, 3.05) is 13.7 Å². The number of esters is 1. The molecule has 0 aliphatic carbocycles. The molecule has 1 N–H and O–H groups in total. The van der Waals surface area contributed by atoms with Crippen LogP contribution in [0.25, 0.3) is 0 Å². The summed E-state index contributed by atoms with van der Waals surface area (Å²) in [6, 6.07) is 0.189. The first-order valence-corrected chi connectivity index (χ1v) is 4.01. The number of nitrogens with zero attached hydrogens (tertiary/aromatic N) is 1. The maximum absolute atomic E-state index is 11.0. The predicted molar refractivity (Wildman–Crippen MR) is 48.3 cm³/mol. The number of nitrogens with one attached hydrogen (secondary N) is 1. The van der Waals surface area contributed by atoms with Crippen LogP contribution in [0.5, 0.6) is 0 Å². The largest absolute Gasteiger partial charge is 0.463 e. The molecule has 0 saturated heterocycles. The van der Waals surface area contributed by atoms with E-state index in [0.717, 1.165) is 0 Å². The molecule has 4 nitrogen and oxygen atoms in total. The van der Waals surface area contributed by atoms with Gasteiger partial charge in [0, 0.05) is 12.6 Å². The molecule has 12 heavy (non-hydrogen) atoms. The smallest absolute Gasteiger partial charge is 0.373 e. The summed E-state index contributed by atoms with van der Waals surface area (Å²) in [4.78, 5) is 15.0. The van der Waals surface area contributed by atoms with Crippen LogP contribution in [0.4, 0.5) is 0 Å². The highest BCUT2D eigenvalue weighted by Crippen LogP contribution is 1.84. The number of ether oxygens (including phenoxy) is 1. The third-order valence-corrected chi connectivity index (χ3v) is 1.12. The minimum Gasteiger partial charge on any atom is -0.463 e. The van der Waals surface area contributed by atoms with Crippen molar-refractivity contribution in [2.24, 2.45) is 4.99 Å². The highest BCUT2D eigenvalue weighted by atomic mass is 16.5. The monoisotopic (exact) mass is 172 g/mol. The second kappa shape index (κ2) is 5.57. The van der Waals surface area contributed by atoms with E-state index in [1.165, 1.54) is 7.11 Å². The Bertz CT molecular complexity index is 176. The summed E-state index contributed by atoms with van der Waals surface area (Å²) in [5.74, 6) is -0.111. The molecule has 0 aliphatic rings. The van der Waals surface area contributed by atoms with E-state index in [0.29, 0.717) is 12.4 Å². The van der Waals surface area contributed by atoms with Crippen molar-refractivity contribution in [1.29, 1.82) is 0 Å². The molecule has 0 rings (SSSR count). The lowest BCUT2D eigenvalue weighted by Crippen LogP contribution is -2.37. The number of methoxy groups -OCH3 is 1. The molecule has 0 atom stereocenters. The van der Waals surface area contributed by atoms with Crippen molar-refractivity contribution < 1.29 is 9.53 Å². The zero-order valence-electron chi connectivity index (χ0n) is 8.05. The van der Waals surface area contributed by atoms with E-state index in [4.69, 9.17) is 0 Å². The predicted octanol–water partition coefficient (Wildman–Crippen LogP) is 0.576. The van der Waals surface area contributed by atoms with E-state index >= 15 is 0 Å². The Morgan fingerprint density at radius 1 is 1.58 bits per heavy atom. The third kappa shape index (κ3) is 3.95. The average Bonchev–Trinajstić information content (AvgIpc) is 2.01. The van der Waals surface area contributed by atoms with Crippen LogP contribution in [0.15, 0.2) is 4.99 Å². The Morgan fingerprint density at radius 2 is 2.17 bits per heavy atom. The number of amidine groups is 1. The third-order valence-electron chi connectivity index (χ3n) is 1.12. The van der Waals surface area contributed by atoms with Gasteiger partial charge in [-0.3, -0.25) is 4.99 Å². The van der Waals surface area contributed by atoms with Crippen LogP contribution < -0.4 is 5.32 Å². The average molecular weight is 172 g/mol. The van der Waals surface area contributed by atoms with Crippen LogP contribution in [0.2, 0.25) is 0 Å². The number of rotatable bonds is 2. The first-order valence-electron chi connectivity index (χ1n) is 4.01. The maximum Gasteiger partial charge on any atom is 0.373 e. The van der Waals surface area contributed by atoms with Crippen LogP contribution in [-0.2, 0) is 9.53 Å². The van der Waals surface area contributed by atoms with Gasteiger partial charge in [0.15, 0.2) is 0 Å². The minimum atomic E-state index is -0.412. The molecule has 0 radical (unpaired) electrons. The first kappa shape index (κ1) is 10.9. The Kier molecular flexibility index (Phi) is 5.08. The van der Waals surface area contributed by atoms with E-state index < -0.39 is 5.97 Å². The highest BCUT2D eigenvalue weighted by Gasteiger charge is 2.10. The summed E-state index contributed by atoms with van der Waals surface area (Å²) in [5, 5.41) is 2.91. The van der Waals surface area contributed by atoms with Gasteiger partial charge in [0.2, 0.25) is 5.84 Å². The SMILES string of the molecule is CCN=C(NC(C)C)C(=O)OC. The van der Waals surface area contributed by atoms with E-state index in [-0.39, 0.29) is 6.04 Å². The van der Waals surface area contributed by atoms with Gasteiger partial charge in [-0.1, -0.05) is 0 Å². The standard InChI is InChI=1S/C8H16N2O2/c1-5-9-7(8(11)12-4)10-6(2)3/h6H,5H2,1-4H3,(H,9,10). The van der Waals surface area contributed by atoms with Crippen LogP contribution in [0.1, 0.15) is 20.8 Å². The van der Waals surface area contributed by atoms with Crippen molar-refractivity contribution in [3.63, 3.8) is 0 Å². The molecule has 0 amide bonds. The molecule has 4 heteroatoms. The van der Waals surface area contributed by atoms with Gasteiger partial charge in [-0.05, 0) is 20.8 Å². The fraction of sp³-hybridized carbons (Fsp3) is 0.750. The molecular weight excluding hydrogens is 156 g/mol. The van der Waals surface area contributed by atoms with Gasteiger partial charge in [-0.2, -0.15) is 0 Å². The molecular formula is C8H16N2O2. The summed E-state index contributed by atoms with van der Waals surface area (Å²) in [6.45, 7) is 6.32. The Hall–Kier alpha value is -1.06. The molecule has 70 valence electrons. The molecule has 0 saturated carbocycles. The second-order valence-corrected chi connectivity index (χ2v) is 2.61. The van der Waals surface area contributed by atoms with Crippen LogP contribution >= 0.6 is 0 Å². The topological polar surface area (TPSA) is 50.7 Å². The molecule has 0 aromatic heterocycles. The van der Waals surface area contributed by atoms with E-state index in [1.807, 2.05) is 20.8 Å². The van der Waals surface area contributed by atoms with Crippen molar-refractivity contribution in [3.8, 4) is 0 Å². The van der Waals surface area contributed by atoms with Gasteiger partial charge >= 0.3 is 5.97 Å². The van der Waals surface area contributed by atoms with Crippen molar-refractivity contribution >= 4 is 11.8 Å². The van der Waals surface area contributed by atoms with Gasteiger partial charge in [-0.15, -0.1) is 0 Å². The molecule has 0 unspecified atom stereocenters. The maximum atomic E-state index is 11.0. The lowest BCUT2D eigenvalue weighted by atomic mass is 10.4. The lowest BCUT2D eigenvalue weighted by Gasteiger charge is -2.10. The molecule has 0 aliphatic heterocycles. The molecule has 0 heterocycles. The fourth-order valence-corrected chi connectivity index (χ4v) is 0.697. The number of hydrogen-bond acceptors (Lipinski definition) is 3. The Balaban J connectivity index is 4.24. The van der Waals surface area contributed by atoms with Crippen molar-refractivity contribution in [3.05, 3.63) is 0 Å². The van der Waals surface area contributed by atoms with Gasteiger partial charge in [-0.25, -0.2) is 4.79 Å². The number of hydrogen-bond donors (Lipinski definition) is 1. The van der Waals surface area contributed by atoms with Crippen molar-refractivity contribution in [1.82, 2.24) is 5.32 Å². The number of aliphatic imine (C=N–C) groups is 1. The van der Waals surface area contributed by atoms with E-state index in [1.54, 1.807) is 0 Å². The molecule has 0 aromatic carbocycles. The summed E-state index contributed by atoms with van der Waals surface area (Å²) in [5.41, 5.74) is 0. The van der Waals surface area contributed by atoms with Gasteiger partial charge < -0.3 is 10.1 Å². The number of carbonyl (C=O) groups excluding carboxylic acids is 1. The van der Waals surface area contributed by atoms with Crippen molar-refractivity contribution in [2.45, 2.75) is 26.8 Å². The lowest BCUT2D eigenvalue weighted by molar-refractivity contribution is -0.133. The van der Waals surface area contributed by atoms with Crippen LogP contribution in [-0.4, -0.2) is 31.5 Å². The zero-order valence-corrected chi connectivity index (χ0v) is 8.05. The van der Waals surface area contributed by atoms with Gasteiger partial charge in [0.25, 0.3) is 0 Å². The van der Waals surface area contributed by atoms with Crippen LogP contribution in [0.3, 0.4) is 0 Å². The normalized spacial score (nSPS) is 11.6. The Morgan fingerprint density at radius 3 is 2.50 bits per heavy atom. The summed E-state index contributed by atoms with van der Waals surface area (Å²) >= 11 is 0. The minimum absolute atomic E-state index is 0.189. The fourth-order valence-electron chi connectivity index (χ4n) is 0.697. The molecule has 0 aromatic rings. The second-order valence-electron chi connectivity index (χ2n) is 2.61. The highest BCUT2D eigenvalue weighted by molar-refractivity contribution is 6.35. The van der Waals surface area contributed by atoms with Crippen LogP contribution in [0, 0.1) is 0 Å². The summed E-state index contributed by atoms with van der Waals surface area (Å²) < 4.78 is 4.53. The van der Waals surface area contributed by atoms with E-state index in [9.17, 15) is 4.79 Å². The molecule has 0 fully saturated rings. The van der Waals surface area contributed by atoms with Gasteiger partial charge in [0.1, 0.15) is 0 Å². The zero-order chi connectivity index (χ0) is 9.56. The van der Waals surface area contributed by atoms with Gasteiger partial charge in [0.05, 0.1) is 7.11 Å².